The fraction of sp³-hybridized carbons (Fsp3) is 0.448. The number of nitrogens with zero attached hydrogens (tertiary/aromatic N) is 6. The number of hydrogen-bond donors (Lipinski definition) is 2. The van der Waals surface area contributed by atoms with Crippen LogP contribution in [0.5, 0.6) is 11.5 Å². The molecule has 6 rings (SSSR count). The highest BCUT2D eigenvalue weighted by Crippen LogP contribution is 2.33. The van der Waals surface area contributed by atoms with Crippen LogP contribution < -0.4 is 25.0 Å². The topological polar surface area (TPSA) is 121 Å². The smallest absolute Gasteiger partial charge is 0.296 e. The highest BCUT2D eigenvalue weighted by molar-refractivity contribution is 5.67. The van der Waals surface area contributed by atoms with Crippen LogP contribution >= 0.6 is 0 Å². The highest BCUT2D eigenvalue weighted by Gasteiger charge is 2.43. The molecule has 3 fully saturated rings. The minimum absolute atomic E-state index is 0.118. The Balaban J connectivity index is 1.15. The van der Waals surface area contributed by atoms with Crippen LogP contribution in [0.15, 0.2) is 42.7 Å². The van der Waals surface area contributed by atoms with E-state index in [1.165, 1.54) is 6.07 Å². The van der Waals surface area contributed by atoms with Crippen molar-refractivity contribution in [3.63, 3.8) is 0 Å². The van der Waals surface area contributed by atoms with E-state index in [2.05, 4.69) is 41.5 Å². The Bertz CT molecular complexity index is 1460. The van der Waals surface area contributed by atoms with E-state index in [9.17, 15) is 14.0 Å². The number of pyridine rings is 1. The highest BCUT2D eigenvalue weighted by atomic mass is 19.3. The largest absolute Gasteiger partial charge is 0.493 e. The van der Waals surface area contributed by atoms with Crippen LogP contribution in [0.25, 0.3) is 11.3 Å². The molecular formula is C29H32F2N8O3. The summed E-state index contributed by atoms with van der Waals surface area (Å²) in [6, 6.07) is 11.0. The zero-order valence-corrected chi connectivity index (χ0v) is 23.2. The first-order valence-electron chi connectivity index (χ1n) is 13.9. The number of nitrogens with one attached hydrogen (secondary N) is 2. The van der Waals surface area contributed by atoms with Gasteiger partial charge in [-0.3, -0.25) is 4.90 Å². The number of anilines is 3. The number of hydrogen-bond acceptors (Lipinski definition) is 11. The van der Waals surface area contributed by atoms with Crippen LogP contribution in [0.1, 0.15) is 12.0 Å². The SMILES string of the molecule is COc1cc(N2CCN(C3COC3)CC2)cnc1Nc1nccc(-c2ccc(OC3CCNCC3(F)F)c(C#N)c2)n1. The third-order valence-electron chi connectivity index (χ3n) is 7.84. The van der Waals surface area contributed by atoms with Gasteiger partial charge >= 0.3 is 0 Å². The van der Waals surface area contributed by atoms with Crippen LogP contribution in [0.2, 0.25) is 0 Å². The number of ether oxygens (including phenoxy) is 3. The molecule has 0 amide bonds. The van der Waals surface area contributed by atoms with E-state index in [0.717, 1.165) is 45.1 Å². The molecule has 0 spiro atoms. The number of alkyl halides is 2. The first-order valence-corrected chi connectivity index (χ1v) is 13.9. The van der Waals surface area contributed by atoms with Gasteiger partial charge in [-0.25, -0.2) is 23.7 Å². The fourth-order valence-electron chi connectivity index (χ4n) is 5.31. The molecule has 2 N–H and O–H groups in total. The summed E-state index contributed by atoms with van der Waals surface area (Å²) in [4.78, 5) is 18.3. The molecule has 0 saturated carbocycles. The number of methoxy groups -OCH3 is 1. The van der Waals surface area contributed by atoms with Gasteiger partial charge in [0, 0.05) is 50.4 Å². The Hall–Kier alpha value is -4.12. The average Bonchev–Trinajstić information content (AvgIpc) is 2.98. The average molecular weight is 579 g/mol. The molecule has 1 atom stereocenters. The lowest BCUT2D eigenvalue weighted by atomic mass is 10.0. The van der Waals surface area contributed by atoms with Crippen molar-refractivity contribution in [1.82, 2.24) is 25.2 Å². The molecule has 0 radical (unpaired) electrons. The van der Waals surface area contributed by atoms with E-state index in [1.807, 2.05) is 6.07 Å². The summed E-state index contributed by atoms with van der Waals surface area (Å²) in [5.74, 6) is -1.60. The lowest BCUT2D eigenvalue weighted by molar-refractivity contribution is -0.109. The predicted molar refractivity (Wildman–Crippen MR) is 151 cm³/mol. The van der Waals surface area contributed by atoms with E-state index in [-0.39, 0.29) is 23.7 Å². The molecular weight excluding hydrogens is 546 g/mol. The standard InChI is InChI=1S/C29H32F2N8O3/c1-40-25-13-21(38-8-10-39(11-9-38)22-16-41-17-22)15-35-27(25)37-28-34-7-4-23(36-28)19-2-3-24(20(12-19)14-32)42-26-5-6-33-18-29(26,30)31/h2-4,7,12-13,15,22,26,33H,5-6,8-11,16-18H2,1H3,(H,34,35,36,37). The van der Waals surface area contributed by atoms with Gasteiger partial charge in [-0.15, -0.1) is 0 Å². The number of aromatic nitrogens is 3. The minimum Gasteiger partial charge on any atom is -0.493 e. The quantitative estimate of drug-likeness (QED) is 0.410. The summed E-state index contributed by atoms with van der Waals surface area (Å²) in [5.41, 5.74) is 2.28. The van der Waals surface area contributed by atoms with Crippen molar-refractivity contribution in [3.8, 4) is 28.8 Å². The maximum atomic E-state index is 14.3. The molecule has 1 unspecified atom stereocenters. The normalized spacial score (nSPS) is 20.8. The van der Waals surface area contributed by atoms with Crippen LogP contribution in [-0.4, -0.2) is 97.5 Å². The summed E-state index contributed by atoms with van der Waals surface area (Å²) >= 11 is 0. The molecule has 3 aliphatic rings. The second-order valence-corrected chi connectivity index (χ2v) is 10.5. The predicted octanol–water partition coefficient (Wildman–Crippen LogP) is 3.06. The van der Waals surface area contributed by atoms with Crippen LogP contribution in [-0.2, 0) is 4.74 Å². The van der Waals surface area contributed by atoms with Crippen molar-refractivity contribution in [2.24, 2.45) is 0 Å². The summed E-state index contributed by atoms with van der Waals surface area (Å²) in [6.07, 6.45) is 2.24. The number of benzene rings is 1. The zero-order chi connectivity index (χ0) is 29.1. The monoisotopic (exact) mass is 578 g/mol. The lowest BCUT2D eigenvalue weighted by Crippen LogP contribution is -2.56. The van der Waals surface area contributed by atoms with Crippen molar-refractivity contribution in [2.45, 2.75) is 24.5 Å². The van der Waals surface area contributed by atoms with Gasteiger partial charge in [-0.2, -0.15) is 5.26 Å². The molecule has 11 nitrogen and oxygen atoms in total. The van der Waals surface area contributed by atoms with Crippen LogP contribution in [0.4, 0.5) is 26.2 Å². The second-order valence-electron chi connectivity index (χ2n) is 10.5. The molecule has 42 heavy (non-hydrogen) atoms. The van der Waals surface area contributed by atoms with Gasteiger partial charge in [0.05, 0.1) is 56.1 Å². The summed E-state index contributed by atoms with van der Waals surface area (Å²) in [7, 11) is 1.59. The molecule has 13 heteroatoms. The lowest BCUT2D eigenvalue weighted by Gasteiger charge is -2.43. The van der Waals surface area contributed by atoms with Gasteiger partial charge < -0.3 is 29.7 Å². The number of halogens is 2. The number of piperazine rings is 1. The Morgan fingerprint density at radius 1 is 1.12 bits per heavy atom. The maximum Gasteiger partial charge on any atom is 0.296 e. The number of piperidine rings is 1. The summed E-state index contributed by atoms with van der Waals surface area (Å²) < 4.78 is 45.1. The molecule has 0 aliphatic carbocycles. The molecule has 3 aliphatic heterocycles. The second kappa shape index (κ2) is 12.0. The van der Waals surface area contributed by atoms with Crippen molar-refractivity contribution in [1.29, 1.82) is 5.26 Å². The van der Waals surface area contributed by atoms with E-state index in [0.29, 0.717) is 35.4 Å². The maximum absolute atomic E-state index is 14.3. The first-order chi connectivity index (χ1) is 20.4. The van der Waals surface area contributed by atoms with Crippen molar-refractivity contribution < 1.29 is 23.0 Å². The number of rotatable bonds is 8. The molecule has 5 heterocycles. The number of nitriles is 1. The van der Waals surface area contributed by atoms with Crippen molar-refractivity contribution in [2.75, 3.05) is 69.8 Å². The summed E-state index contributed by atoms with van der Waals surface area (Å²) in [5, 5.41) is 15.5. The Morgan fingerprint density at radius 2 is 1.95 bits per heavy atom. The Kier molecular flexibility index (Phi) is 8.01. The summed E-state index contributed by atoms with van der Waals surface area (Å²) in [6.45, 7) is 5.35. The molecule has 1 aromatic carbocycles. The van der Waals surface area contributed by atoms with Gasteiger partial charge in [-0.1, -0.05) is 0 Å². The molecule has 0 bridgehead atoms. The molecule has 220 valence electrons. The minimum atomic E-state index is -3.02. The van der Waals surface area contributed by atoms with E-state index >= 15 is 0 Å². The van der Waals surface area contributed by atoms with E-state index < -0.39 is 18.6 Å². The first kappa shape index (κ1) is 28.0. The van der Waals surface area contributed by atoms with Gasteiger partial charge in [0.2, 0.25) is 5.95 Å². The Labute approximate surface area is 242 Å². The molecule has 2 aromatic heterocycles. The van der Waals surface area contributed by atoms with E-state index in [4.69, 9.17) is 14.2 Å². The van der Waals surface area contributed by atoms with Crippen molar-refractivity contribution >= 4 is 17.5 Å². The van der Waals surface area contributed by atoms with Gasteiger partial charge in [-0.05, 0) is 30.8 Å². The van der Waals surface area contributed by atoms with Crippen LogP contribution in [0.3, 0.4) is 0 Å². The van der Waals surface area contributed by atoms with Gasteiger partial charge in [0.15, 0.2) is 17.7 Å². The van der Waals surface area contributed by atoms with Gasteiger partial charge in [0.1, 0.15) is 11.8 Å². The zero-order valence-electron chi connectivity index (χ0n) is 23.2. The van der Waals surface area contributed by atoms with Crippen molar-refractivity contribution in [3.05, 3.63) is 48.3 Å². The fourth-order valence-corrected chi connectivity index (χ4v) is 5.31. The van der Waals surface area contributed by atoms with Gasteiger partial charge in [0.25, 0.3) is 5.92 Å². The third-order valence-corrected chi connectivity index (χ3v) is 7.84. The third kappa shape index (κ3) is 5.92. The molecule has 3 saturated heterocycles. The molecule has 3 aromatic rings. The van der Waals surface area contributed by atoms with Crippen LogP contribution in [0, 0.1) is 11.3 Å². The van der Waals surface area contributed by atoms with E-state index in [1.54, 1.807) is 37.7 Å². The Morgan fingerprint density at radius 3 is 2.67 bits per heavy atom.